The van der Waals surface area contributed by atoms with Gasteiger partial charge in [-0.3, -0.25) is 14.2 Å². The van der Waals surface area contributed by atoms with Crippen LogP contribution < -0.4 is 10.9 Å². The Morgan fingerprint density at radius 3 is 2.85 bits per heavy atom. The van der Waals surface area contributed by atoms with Crippen LogP contribution in [0.15, 0.2) is 9.95 Å². The van der Waals surface area contributed by atoms with Gasteiger partial charge in [0.25, 0.3) is 5.56 Å². The molecule has 2 aliphatic carbocycles. The molecule has 4 rings (SSSR count). The molecule has 2 aliphatic rings. The molecular formula is C20H23N3O2S2. The van der Waals surface area contributed by atoms with Gasteiger partial charge in [0.05, 0.1) is 17.7 Å². The molecule has 1 N–H and O–H groups in total. The first-order valence-corrected chi connectivity index (χ1v) is 11.4. The number of nitrogens with zero attached hydrogens (tertiary/aromatic N) is 2. The molecule has 2 aromatic rings. The smallest absolute Gasteiger partial charge is 0.263 e. The first-order chi connectivity index (χ1) is 13.2. The average molecular weight is 402 g/mol. The van der Waals surface area contributed by atoms with Crippen molar-refractivity contribution in [3.63, 3.8) is 0 Å². The van der Waals surface area contributed by atoms with Crippen LogP contribution in [-0.4, -0.2) is 27.8 Å². The van der Waals surface area contributed by atoms with E-state index < -0.39 is 0 Å². The van der Waals surface area contributed by atoms with E-state index in [4.69, 9.17) is 11.4 Å². The highest BCUT2D eigenvalue weighted by molar-refractivity contribution is 7.99. The molecular weight excluding hydrogens is 378 g/mol. The molecule has 0 bridgehead atoms. The third kappa shape index (κ3) is 3.65. The van der Waals surface area contributed by atoms with Gasteiger partial charge in [-0.1, -0.05) is 30.5 Å². The van der Waals surface area contributed by atoms with E-state index in [-0.39, 0.29) is 29.8 Å². The number of aryl methyl sites for hydroxylation is 2. The maximum absolute atomic E-state index is 13.5. The van der Waals surface area contributed by atoms with E-state index >= 15 is 0 Å². The molecule has 0 atom stereocenters. The zero-order valence-electron chi connectivity index (χ0n) is 15.3. The van der Waals surface area contributed by atoms with Gasteiger partial charge >= 0.3 is 0 Å². The number of hydrogen-bond acceptors (Lipinski definition) is 5. The molecule has 0 radical (unpaired) electrons. The van der Waals surface area contributed by atoms with Crippen LogP contribution in [0.25, 0.3) is 10.2 Å². The molecule has 0 aliphatic heterocycles. The molecule has 0 aromatic carbocycles. The number of carbonyl (C=O) groups is 1. The molecule has 27 heavy (non-hydrogen) atoms. The monoisotopic (exact) mass is 401 g/mol. The van der Waals surface area contributed by atoms with Crippen molar-refractivity contribution in [3.05, 3.63) is 20.8 Å². The van der Waals surface area contributed by atoms with E-state index in [1.807, 2.05) is 4.57 Å². The van der Waals surface area contributed by atoms with Crippen LogP contribution in [0.1, 0.15) is 55.0 Å². The fourth-order valence-corrected chi connectivity index (χ4v) is 6.31. The first-order valence-electron chi connectivity index (χ1n) is 9.58. The minimum Gasteiger partial charge on any atom is -0.344 e. The number of terminal acetylenes is 1. The number of nitrogens with one attached hydrogen (secondary N) is 1. The summed E-state index contributed by atoms with van der Waals surface area (Å²) in [5.74, 6) is 2.49. The van der Waals surface area contributed by atoms with Crippen molar-refractivity contribution >= 4 is 39.2 Å². The first kappa shape index (κ1) is 18.6. The van der Waals surface area contributed by atoms with Crippen molar-refractivity contribution < 1.29 is 4.79 Å². The third-order valence-electron chi connectivity index (χ3n) is 5.40. The zero-order valence-corrected chi connectivity index (χ0v) is 16.9. The number of fused-ring (bicyclic) bond motifs is 3. The van der Waals surface area contributed by atoms with Crippen LogP contribution in [-0.2, 0) is 17.6 Å². The standard InChI is InChI=1S/C20H23N3O2S2/c1-2-11-21-16(24)12-26-20-22-18-17(14-9-5-6-10-15(14)27-18)19(25)23(20)13-7-3-4-8-13/h1,13H,3-12H2,(H,21,24). The van der Waals surface area contributed by atoms with Gasteiger partial charge in [0, 0.05) is 10.9 Å². The summed E-state index contributed by atoms with van der Waals surface area (Å²) in [5, 5.41) is 4.19. The van der Waals surface area contributed by atoms with Crippen molar-refractivity contribution in [1.82, 2.24) is 14.9 Å². The molecule has 7 heteroatoms. The summed E-state index contributed by atoms with van der Waals surface area (Å²) in [7, 11) is 0. The molecule has 1 fully saturated rings. The van der Waals surface area contributed by atoms with Gasteiger partial charge < -0.3 is 5.32 Å². The highest BCUT2D eigenvalue weighted by atomic mass is 32.2. The van der Waals surface area contributed by atoms with E-state index in [1.165, 1.54) is 28.6 Å². The second-order valence-corrected chi connectivity index (χ2v) is 9.19. The Balaban J connectivity index is 1.74. The van der Waals surface area contributed by atoms with E-state index in [1.54, 1.807) is 11.3 Å². The number of thioether (sulfide) groups is 1. The molecule has 142 valence electrons. The van der Waals surface area contributed by atoms with E-state index in [9.17, 15) is 9.59 Å². The predicted molar refractivity (Wildman–Crippen MR) is 111 cm³/mol. The quantitative estimate of drug-likeness (QED) is 0.474. The van der Waals surface area contributed by atoms with Crippen LogP contribution in [0.3, 0.4) is 0 Å². The number of hydrogen-bond donors (Lipinski definition) is 1. The predicted octanol–water partition coefficient (Wildman–Crippen LogP) is 3.29. The van der Waals surface area contributed by atoms with Crippen molar-refractivity contribution in [2.75, 3.05) is 12.3 Å². The zero-order chi connectivity index (χ0) is 18.8. The maximum atomic E-state index is 13.5. The van der Waals surface area contributed by atoms with Gasteiger partial charge in [0.1, 0.15) is 4.83 Å². The number of rotatable bonds is 5. The SMILES string of the molecule is C#CCNC(=O)CSc1nc2sc3c(c2c(=O)n1C1CCCC1)CCCC3. The van der Waals surface area contributed by atoms with Crippen LogP contribution in [0.4, 0.5) is 0 Å². The van der Waals surface area contributed by atoms with E-state index in [2.05, 4.69) is 11.2 Å². The highest BCUT2D eigenvalue weighted by Gasteiger charge is 2.27. The van der Waals surface area contributed by atoms with Gasteiger partial charge in [-0.2, -0.15) is 0 Å². The second-order valence-electron chi connectivity index (χ2n) is 7.17. The number of amides is 1. The fourth-order valence-electron chi connectivity index (χ4n) is 4.12. The van der Waals surface area contributed by atoms with Crippen molar-refractivity contribution in [3.8, 4) is 12.3 Å². The maximum Gasteiger partial charge on any atom is 0.263 e. The van der Waals surface area contributed by atoms with Gasteiger partial charge in [-0.15, -0.1) is 17.8 Å². The van der Waals surface area contributed by atoms with Gasteiger partial charge in [0.15, 0.2) is 5.16 Å². The molecule has 1 amide bonds. The molecule has 2 aromatic heterocycles. The lowest BCUT2D eigenvalue weighted by molar-refractivity contribution is -0.118. The van der Waals surface area contributed by atoms with Crippen LogP contribution in [0.2, 0.25) is 0 Å². The lowest BCUT2D eigenvalue weighted by Crippen LogP contribution is -2.28. The summed E-state index contributed by atoms with van der Waals surface area (Å²) >= 11 is 3.01. The summed E-state index contributed by atoms with van der Waals surface area (Å²) in [5.41, 5.74) is 1.33. The Morgan fingerprint density at radius 2 is 2.07 bits per heavy atom. The lowest BCUT2D eigenvalue weighted by atomic mass is 9.97. The fraction of sp³-hybridized carbons (Fsp3) is 0.550. The minimum atomic E-state index is -0.129. The Morgan fingerprint density at radius 1 is 1.30 bits per heavy atom. The normalized spacial score (nSPS) is 17.0. The highest BCUT2D eigenvalue weighted by Crippen LogP contribution is 2.37. The number of carbonyl (C=O) groups excluding carboxylic acids is 1. The molecule has 2 heterocycles. The van der Waals surface area contributed by atoms with Crippen molar-refractivity contribution in [2.24, 2.45) is 0 Å². The number of thiophene rings is 1. The molecule has 5 nitrogen and oxygen atoms in total. The second kappa shape index (κ2) is 8.07. The summed E-state index contributed by atoms with van der Waals surface area (Å²) in [6.45, 7) is 0.221. The van der Waals surface area contributed by atoms with Crippen LogP contribution in [0.5, 0.6) is 0 Å². The summed E-state index contributed by atoms with van der Waals surface area (Å²) in [4.78, 5) is 32.5. The van der Waals surface area contributed by atoms with Gasteiger partial charge in [-0.05, 0) is 44.1 Å². The van der Waals surface area contributed by atoms with Crippen LogP contribution in [0, 0.1) is 12.3 Å². The lowest BCUT2D eigenvalue weighted by Gasteiger charge is -2.18. The Labute approximate surface area is 166 Å². The summed E-state index contributed by atoms with van der Waals surface area (Å²) in [6, 6.07) is 0.199. The van der Waals surface area contributed by atoms with Crippen molar-refractivity contribution in [1.29, 1.82) is 0 Å². The van der Waals surface area contributed by atoms with Gasteiger partial charge in [0.2, 0.25) is 5.91 Å². The molecule has 0 unspecified atom stereocenters. The molecule has 1 saturated carbocycles. The Kier molecular flexibility index (Phi) is 5.55. The number of aromatic nitrogens is 2. The van der Waals surface area contributed by atoms with Gasteiger partial charge in [-0.25, -0.2) is 4.98 Å². The third-order valence-corrected chi connectivity index (χ3v) is 7.54. The Hall–Kier alpha value is -1.78. The Bertz CT molecular complexity index is 964. The van der Waals surface area contributed by atoms with Crippen LogP contribution >= 0.6 is 23.1 Å². The largest absolute Gasteiger partial charge is 0.344 e. The van der Waals surface area contributed by atoms with Crippen molar-refractivity contribution in [2.45, 2.75) is 62.6 Å². The molecule has 0 spiro atoms. The van der Waals surface area contributed by atoms with E-state index in [0.29, 0.717) is 5.16 Å². The van der Waals surface area contributed by atoms with E-state index in [0.717, 1.165) is 55.2 Å². The average Bonchev–Trinajstić information content (AvgIpc) is 3.32. The minimum absolute atomic E-state index is 0.0952. The molecule has 0 saturated heterocycles. The topological polar surface area (TPSA) is 64.0 Å². The summed E-state index contributed by atoms with van der Waals surface area (Å²) < 4.78 is 1.88. The summed E-state index contributed by atoms with van der Waals surface area (Å²) in [6.07, 6.45) is 13.9.